The van der Waals surface area contributed by atoms with E-state index in [-0.39, 0.29) is 36.7 Å². The largest absolute Gasteiger partial charge is 0.492 e. The van der Waals surface area contributed by atoms with Gasteiger partial charge in [-0.25, -0.2) is 13.1 Å². The minimum atomic E-state index is -4.98. The van der Waals surface area contributed by atoms with E-state index in [1.165, 1.54) is 18.2 Å². The highest BCUT2D eigenvalue weighted by atomic mass is 32.2. The lowest BCUT2D eigenvalue weighted by Crippen LogP contribution is -2.40. The first kappa shape index (κ1) is 20.2. The molecule has 0 saturated carbocycles. The highest BCUT2D eigenvalue weighted by molar-refractivity contribution is 7.89. The number of para-hydroxylation sites is 1. The van der Waals surface area contributed by atoms with Crippen molar-refractivity contribution < 1.29 is 31.1 Å². The number of carbonyl (C=O) groups is 1. The zero-order valence-corrected chi connectivity index (χ0v) is 15.4. The van der Waals surface area contributed by atoms with Crippen LogP contribution in [0.25, 0.3) is 0 Å². The molecule has 0 spiro atoms. The first-order valence-electron chi connectivity index (χ1n) is 8.37. The summed E-state index contributed by atoms with van der Waals surface area (Å²) in [5.41, 5.74) is 0.453. The lowest BCUT2D eigenvalue weighted by Gasteiger charge is -2.19. The molecule has 0 aromatic heterocycles. The van der Waals surface area contributed by atoms with E-state index in [2.05, 4.69) is 4.72 Å². The first-order valence-corrected chi connectivity index (χ1v) is 9.86. The Morgan fingerprint density at radius 2 is 1.86 bits per heavy atom. The minimum Gasteiger partial charge on any atom is -0.492 e. The zero-order chi connectivity index (χ0) is 20.4. The first-order chi connectivity index (χ1) is 13.2. The third-order valence-electron chi connectivity index (χ3n) is 4.15. The number of nitrogens with zero attached hydrogens (tertiary/aromatic N) is 1. The van der Waals surface area contributed by atoms with Crippen LogP contribution in [0, 0.1) is 0 Å². The Kier molecular flexibility index (Phi) is 5.61. The molecule has 0 radical (unpaired) electrons. The summed E-state index contributed by atoms with van der Waals surface area (Å²) < 4.78 is 70.5. The zero-order valence-electron chi connectivity index (χ0n) is 14.6. The second-order valence-corrected chi connectivity index (χ2v) is 7.82. The SMILES string of the molecule is O=C(N1CCc2cc(S(=O)(=O)NCCOc3ccccc3)ccc21)C(F)(F)F. The average molecular weight is 414 g/mol. The van der Waals surface area contributed by atoms with Gasteiger partial charge in [0, 0.05) is 18.8 Å². The number of hydrogen-bond acceptors (Lipinski definition) is 4. The van der Waals surface area contributed by atoms with Gasteiger partial charge < -0.3 is 9.64 Å². The number of ether oxygens (including phenoxy) is 1. The van der Waals surface area contributed by atoms with Gasteiger partial charge in [0.1, 0.15) is 12.4 Å². The van der Waals surface area contributed by atoms with Crippen LogP contribution < -0.4 is 14.4 Å². The van der Waals surface area contributed by atoms with Crippen LogP contribution in [0.15, 0.2) is 53.4 Å². The van der Waals surface area contributed by atoms with Crippen molar-refractivity contribution in [3.63, 3.8) is 0 Å². The van der Waals surface area contributed by atoms with E-state index in [1.807, 2.05) is 6.07 Å². The fourth-order valence-corrected chi connectivity index (χ4v) is 3.92. The number of alkyl halides is 3. The number of anilines is 1. The van der Waals surface area contributed by atoms with Crippen molar-refractivity contribution in [2.24, 2.45) is 0 Å². The molecule has 1 N–H and O–H groups in total. The Bertz CT molecular complexity index is 963. The lowest BCUT2D eigenvalue weighted by molar-refractivity contribution is -0.170. The van der Waals surface area contributed by atoms with Crippen LogP contribution in [0.2, 0.25) is 0 Å². The third kappa shape index (κ3) is 4.45. The number of benzene rings is 2. The van der Waals surface area contributed by atoms with Crippen LogP contribution in [-0.4, -0.2) is 40.2 Å². The lowest BCUT2D eigenvalue weighted by atomic mass is 10.2. The van der Waals surface area contributed by atoms with Crippen LogP contribution in [0.4, 0.5) is 18.9 Å². The molecular formula is C18H17F3N2O4S. The van der Waals surface area contributed by atoms with Gasteiger partial charge in [0.25, 0.3) is 0 Å². The summed E-state index contributed by atoms with van der Waals surface area (Å²) in [6, 6.07) is 12.6. The summed E-state index contributed by atoms with van der Waals surface area (Å²) in [7, 11) is -3.86. The molecule has 3 rings (SSSR count). The smallest absolute Gasteiger partial charge is 0.471 e. The molecule has 6 nitrogen and oxygen atoms in total. The number of hydrogen-bond donors (Lipinski definition) is 1. The van der Waals surface area contributed by atoms with Crippen molar-refractivity contribution in [2.75, 3.05) is 24.6 Å². The van der Waals surface area contributed by atoms with Crippen molar-refractivity contribution in [3.8, 4) is 5.75 Å². The van der Waals surface area contributed by atoms with E-state index in [4.69, 9.17) is 4.74 Å². The topological polar surface area (TPSA) is 75.7 Å². The van der Waals surface area contributed by atoms with Gasteiger partial charge in [0.2, 0.25) is 10.0 Å². The number of sulfonamides is 1. The summed E-state index contributed by atoms with van der Waals surface area (Å²) in [5, 5.41) is 0. The Morgan fingerprint density at radius 3 is 2.54 bits per heavy atom. The number of fused-ring (bicyclic) bond motifs is 1. The molecule has 10 heteroatoms. The van der Waals surface area contributed by atoms with Gasteiger partial charge in [-0.1, -0.05) is 18.2 Å². The molecule has 0 aliphatic carbocycles. The molecule has 1 aliphatic rings. The van der Waals surface area contributed by atoms with E-state index in [0.717, 1.165) is 0 Å². The second kappa shape index (κ2) is 7.80. The highest BCUT2D eigenvalue weighted by Gasteiger charge is 2.44. The maximum Gasteiger partial charge on any atom is 0.471 e. The monoisotopic (exact) mass is 414 g/mol. The van der Waals surface area contributed by atoms with Crippen LogP contribution in [0.1, 0.15) is 5.56 Å². The Morgan fingerprint density at radius 1 is 1.14 bits per heavy atom. The maximum atomic E-state index is 12.7. The van der Waals surface area contributed by atoms with Crippen LogP contribution in [0.5, 0.6) is 5.75 Å². The quantitative estimate of drug-likeness (QED) is 0.737. The Labute approximate surface area is 160 Å². The number of nitrogens with one attached hydrogen (secondary N) is 1. The van der Waals surface area contributed by atoms with Crippen molar-refractivity contribution in [2.45, 2.75) is 17.5 Å². The molecule has 0 atom stereocenters. The summed E-state index contributed by atoms with van der Waals surface area (Å²) in [4.78, 5) is 12.0. The normalized spacial score (nSPS) is 14.0. The summed E-state index contributed by atoms with van der Waals surface area (Å²) in [6.07, 6.45) is -4.83. The molecule has 28 heavy (non-hydrogen) atoms. The van der Waals surface area contributed by atoms with Crippen molar-refractivity contribution in [1.29, 1.82) is 0 Å². The maximum absolute atomic E-state index is 12.7. The number of rotatable bonds is 6. The molecule has 150 valence electrons. The van der Waals surface area contributed by atoms with Gasteiger partial charge in [0.15, 0.2) is 0 Å². The predicted molar refractivity (Wildman–Crippen MR) is 95.7 cm³/mol. The van der Waals surface area contributed by atoms with Gasteiger partial charge in [-0.2, -0.15) is 13.2 Å². The minimum absolute atomic E-state index is 0.0208. The van der Waals surface area contributed by atoms with E-state index >= 15 is 0 Å². The van der Waals surface area contributed by atoms with Gasteiger partial charge in [-0.05, 0) is 42.3 Å². The number of amides is 1. The summed E-state index contributed by atoms with van der Waals surface area (Å²) in [6.45, 7) is -0.00936. The van der Waals surface area contributed by atoms with E-state index in [0.29, 0.717) is 16.2 Å². The predicted octanol–water partition coefficient (Wildman–Crippen LogP) is 2.50. The molecule has 0 fully saturated rings. The van der Waals surface area contributed by atoms with Gasteiger partial charge in [-0.3, -0.25) is 4.79 Å². The van der Waals surface area contributed by atoms with Crippen molar-refractivity contribution in [3.05, 3.63) is 54.1 Å². The molecule has 1 aliphatic heterocycles. The van der Waals surface area contributed by atoms with Crippen LogP contribution in [-0.2, 0) is 21.2 Å². The molecule has 2 aromatic carbocycles. The Balaban J connectivity index is 1.65. The average Bonchev–Trinajstić information content (AvgIpc) is 3.08. The number of carbonyl (C=O) groups excluding carboxylic acids is 1. The molecule has 1 amide bonds. The van der Waals surface area contributed by atoms with E-state index in [1.54, 1.807) is 24.3 Å². The summed E-state index contributed by atoms with van der Waals surface area (Å²) in [5.74, 6) is -1.35. The van der Waals surface area contributed by atoms with Gasteiger partial charge in [-0.15, -0.1) is 0 Å². The van der Waals surface area contributed by atoms with E-state index < -0.39 is 22.1 Å². The molecule has 2 aromatic rings. The highest BCUT2D eigenvalue weighted by Crippen LogP contribution is 2.33. The Hall–Kier alpha value is -2.59. The van der Waals surface area contributed by atoms with E-state index in [9.17, 15) is 26.4 Å². The summed E-state index contributed by atoms with van der Waals surface area (Å²) >= 11 is 0. The van der Waals surface area contributed by atoms with Crippen molar-refractivity contribution in [1.82, 2.24) is 4.72 Å². The molecule has 1 heterocycles. The molecule has 0 unspecified atom stereocenters. The third-order valence-corrected chi connectivity index (χ3v) is 5.61. The molecular weight excluding hydrogens is 397 g/mol. The number of halogens is 3. The second-order valence-electron chi connectivity index (χ2n) is 6.05. The van der Waals surface area contributed by atoms with Crippen LogP contribution >= 0.6 is 0 Å². The fourth-order valence-electron chi connectivity index (χ4n) is 2.85. The van der Waals surface area contributed by atoms with Gasteiger partial charge in [0.05, 0.1) is 4.90 Å². The standard InChI is InChI=1S/C18H17F3N2O4S/c19-18(20,21)17(24)23-10-8-13-12-15(6-7-16(13)23)28(25,26)22-9-11-27-14-4-2-1-3-5-14/h1-7,12,22H,8-11H2. The van der Waals surface area contributed by atoms with Crippen LogP contribution in [0.3, 0.4) is 0 Å². The molecule has 0 saturated heterocycles. The van der Waals surface area contributed by atoms with Crippen molar-refractivity contribution >= 4 is 21.6 Å². The van der Waals surface area contributed by atoms with Gasteiger partial charge >= 0.3 is 12.1 Å². The fraction of sp³-hybridized carbons (Fsp3) is 0.278. The molecule has 0 bridgehead atoms.